The number of aliphatic carboxylic acids is 1. The van der Waals surface area contributed by atoms with E-state index in [9.17, 15) is 4.79 Å². The highest BCUT2D eigenvalue weighted by Crippen LogP contribution is 2.45. The lowest BCUT2D eigenvalue weighted by atomic mass is 9.88. The number of hydrogen-bond acceptors (Lipinski definition) is 3. The zero-order valence-corrected chi connectivity index (χ0v) is 9.02. The number of ether oxygens (including phenoxy) is 1. The molecule has 0 aliphatic carbocycles. The molecule has 0 aromatic carbocycles. The van der Waals surface area contributed by atoms with E-state index in [4.69, 9.17) is 9.84 Å². The first-order chi connectivity index (χ1) is 6.70. The molecule has 0 amide bonds. The summed E-state index contributed by atoms with van der Waals surface area (Å²) in [6.07, 6.45) is 3.53. The minimum Gasteiger partial charge on any atom is -0.481 e. The van der Waals surface area contributed by atoms with Crippen molar-refractivity contribution < 1.29 is 14.6 Å². The van der Waals surface area contributed by atoms with Crippen molar-refractivity contribution in [3.8, 4) is 0 Å². The Labute approximate surface area is 88.2 Å². The zero-order valence-electron chi connectivity index (χ0n) is 8.20. The van der Waals surface area contributed by atoms with E-state index in [1.165, 1.54) is 0 Å². The Morgan fingerprint density at radius 2 is 2.50 bits per heavy atom. The molecule has 2 rings (SSSR count). The van der Waals surface area contributed by atoms with Crippen LogP contribution in [0, 0.1) is 5.92 Å². The molecule has 0 bridgehead atoms. The Hall–Kier alpha value is -0.220. The van der Waals surface area contributed by atoms with Crippen molar-refractivity contribution in [2.45, 2.75) is 30.4 Å². The first-order valence-corrected chi connectivity index (χ1v) is 6.12. The Morgan fingerprint density at radius 3 is 3.14 bits per heavy atom. The van der Waals surface area contributed by atoms with E-state index in [2.05, 4.69) is 0 Å². The van der Waals surface area contributed by atoms with Crippen molar-refractivity contribution in [3.63, 3.8) is 0 Å². The number of carbonyl (C=O) groups is 1. The minimum absolute atomic E-state index is 0.262. The summed E-state index contributed by atoms with van der Waals surface area (Å²) >= 11 is 1.99. The molecular formula is C10H16O3S. The third kappa shape index (κ3) is 2.23. The molecule has 1 N–H and O–H groups in total. The molecule has 2 atom stereocenters. The lowest BCUT2D eigenvalue weighted by Crippen LogP contribution is -2.33. The van der Waals surface area contributed by atoms with Crippen LogP contribution in [0.15, 0.2) is 0 Å². The standard InChI is InChI=1S/C10H16O3S/c11-9(12)5-8-1-4-14-10(6-8)2-3-13-7-10/h8H,1-7H2,(H,11,12). The van der Waals surface area contributed by atoms with Crippen LogP contribution in [-0.4, -0.2) is 34.8 Å². The van der Waals surface area contributed by atoms with Crippen molar-refractivity contribution in [2.24, 2.45) is 5.92 Å². The van der Waals surface area contributed by atoms with Gasteiger partial charge in [-0.15, -0.1) is 0 Å². The van der Waals surface area contributed by atoms with Gasteiger partial charge in [0.05, 0.1) is 6.61 Å². The zero-order chi connectivity index (χ0) is 10.0. The molecule has 1 spiro atoms. The van der Waals surface area contributed by atoms with Crippen LogP contribution < -0.4 is 0 Å². The summed E-state index contributed by atoms with van der Waals surface area (Å²) in [6, 6.07) is 0. The predicted molar refractivity (Wildman–Crippen MR) is 55.6 cm³/mol. The molecule has 4 heteroatoms. The third-order valence-electron chi connectivity index (χ3n) is 3.13. The van der Waals surface area contributed by atoms with Crippen LogP contribution in [0.5, 0.6) is 0 Å². The number of carboxylic acid groups (broad SMARTS) is 1. The normalized spacial score (nSPS) is 37.6. The van der Waals surface area contributed by atoms with Gasteiger partial charge in [-0.25, -0.2) is 0 Å². The van der Waals surface area contributed by atoms with E-state index < -0.39 is 5.97 Å². The van der Waals surface area contributed by atoms with Gasteiger partial charge >= 0.3 is 5.97 Å². The first-order valence-electron chi connectivity index (χ1n) is 5.14. The minimum atomic E-state index is -0.657. The molecule has 2 saturated heterocycles. The summed E-state index contributed by atoms with van der Waals surface area (Å²) in [5, 5.41) is 8.76. The van der Waals surface area contributed by atoms with E-state index in [0.29, 0.717) is 12.3 Å². The van der Waals surface area contributed by atoms with Crippen LogP contribution in [0.1, 0.15) is 25.7 Å². The van der Waals surface area contributed by atoms with Crippen molar-refractivity contribution in [1.82, 2.24) is 0 Å². The summed E-state index contributed by atoms with van der Waals surface area (Å²) in [7, 11) is 0. The summed E-state index contributed by atoms with van der Waals surface area (Å²) in [6.45, 7) is 1.68. The highest BCUT2D eigenvalue weighted by molar-refractivity contribution is 8.00. The van der Waals surface area contributed by atoms with Gasteiger partial charge in [0.15, 0.2) is 0 Å². The highest BCUT2D eigenvalue weighted by Gasteiger charge is 2.40. The van der Waals surface area contributed by atoms with Gasteiger partial charge in [0, 0.05) is 17.8 Å². The lowest BCUT2D eigenvalue weighted by Gasteiger charge is -2.35. The molecule has 3 nitrogen and oxygen atoms in total. The predicted octanol–water partition coefficient (Wildman–Crippen LogP) is 1.76. The molecule has 2 heterocycles. The second-order valence-electron chi connectivity index (χ2n) is 4.29. The number of thioether (sulfide) groups is 1. The van der Waals surface area contributed by atoms with Gasteiger partial charge in [-0.3, -0.25) is 4.79 Å². The monoisotopic (exact) mass is 216 g/mol. The smallest absolute Gasteiger partial charge is 0.303 e. The topological polar surface area (TPSA) is 46.5 Å². The van der Waals surface area contributed by atoms with E-state index >= 15 is 0 Å². The lowest BCUT2D eigenvalue weighted by molar-refractivity contribution is -0.138. The van der Waals surface area contributed by atoms with Gasteiger partial charge < -0.3 is 9.84 Å². The maximum absolute atomic E-state index is 10.6. The molecule has 2 unspecified atom stereocenters. The van der Waals surface area contributed by atoms with Crippen molar-refractivity contribution in [1.29, 1.82) is 0 Å². The van der Waals surface area contributed by atoms with Gasteiger partial charge in [-0.2, -0.15) is 11.8 Å². The average Bonchev–Trinajstić information content (AvgIpc) is 2.52. The Bertz CT molecular complexity index is 223. The summed E-state index contributed by atoms with van der Waals surface area (Å²) in [5.74, 6) is 0.813. The van der Waals surface area contributed by atoms with Crippen molar-refractivity contribution in [2.75, 3.05) is 19.0 Å². The van der Waals surface area contributed by atoms with Crippen molar-refractivity contribution >= 4 is 17.7 Å². The average molecular weight is 216 g/mol. The SMILES string of the molecule is O=C(O)CC1CCSC2(CCOC2)C1. The molecule has 2 aliphatic heterocycles. The molecule has 14 heavy (non-hydrogen) atoms. The molecule has 0 aromatic rings. The van der Waals surface area contributed by atoms with Gasteiger partial charge in [-0.05, 0) is 30.9 Å². The fraction of sp³-hybridized carbons (Fsp3) is 0.900. The van der Waals surface area contributed by atoms with E-state index in [1.54, 1.807) is 0 Å². The van der Waals surface area contributed by atoms with E-state index in [0.717, 1.165) is 38.2 Å². The molecular weight excluding hydrogens is 200 g/mol. The Kier molecular flexibility index (Phi) is 3.02. The van der Waals surface area contributed by atoms with E-state index in [1.807, 2.05) is 11.8 Å². The highest BCUT2D eigenvalue weighted by atomic mass is 32.2. The van der Waals surface area contributed by atoms with Gasteiger partial charge in [0.2, 0.25) is 0 Å². The summed E-state index contributed by atoms with van der Waals surface area (Å²) in [5.41, 5.74) is 0. The Morgan fingerprint density at radius 1 is 1.64 bits per heavy atom. The van der Waals surface area contributed by atoms with Crippen LogP contribution in [-0.2, 0) is 9.53 Å². The van der Waals surface area contributed by atoms with Crippen LogP contribution in [0.3, 0.4) is 0 Å². The summed E-state index contributed by atoms with van der Waals surface area (Å²) < 4.78 is 5.69. The number of hydrogen-bond donors (Lipinski definition) is 1. The molecule has 0 radical (unpaired) electrons. The van der Waals surface area contributed by atoms with Crippen LogP contribution >= 0.6 is 11.8 Å². The number of rotatable bonds is 2. The molecule has 80 valence electrons. The second-order valence-corrected chi connectivity index (χ2v) is 5.85. The molecule has 2 aliphatic rings. The largest absolute Gasteiger partial charge is 0.481 e. The van der Waals surface area contributed by atoms with Crippen LogP contribution in [0.2, 0.25) is 0 Å². The molecule has 2 fully saturated rings. The Balaban J connectivity index is 1.93. The van der Waals surface area contributed by atoms with Gasteiger partial charge in [-0.1, -0.05) is 0 Å². The summed E-state index contributed by atoms with van der Waals surface area (Å²) in [4.78, 5) is 10.6. The second kappa shape index (κ2) is 4.11. The van der Waals surface area contributed by atoms with Crippen molar-refractivity contribution in [3.05, 3.63) is 0 Å². The molecule has 0 aromatic heterocycles. The maximum atomic E-state index is 10.6. The first kappa shape index (κ1) is 10.3. The van der Waals surface area contributed by atoms with Crippen LogP contribution in [0.4, 0.5) is 0 Å². The number of carboxylic acids is 1. The third-order valence-corrected chi connectivity index (χ3v) is 4.67. The molecule has 0 saturated carbocycles. The quantitative estimate of drug-likeness (QED) is 0.764. The van der Waals surface area contributed by atoms with Gasteiger partial charge in [0.1, 0.15) is 0 Å². The fourth-order valence-corrected chi connectivity index (χ4v) is 4.05. The van der Waals surface area contributed by atoms with Gasteiger partial charge in [0.25, 0.3) is 0 Å². The maximum Gasteiger partial charge on any atom is 0.303 e. The van der Waals surface area contributed by atoms with Crippen LogP contribution in [0.25, 0.3) is 0 Å². The van der Waals surface area contributed by atoms with E-state index in [-0.39, 0.29) is 4.75 Å². The fourth-order valence-electron chi connectivity index (χ4n) is 2.41.